The van der Waals surface area contributed by atoms with Gasteiger partial charge in [-0.2, -0.15) is 0 Å². The first kappa shape index (κ1) is 22.8. The van der Waals surface area contributed by atoms with Gasteiger partial charge in [0.1, 0.15) is 18.9 Å². The summed E-state index contributed by atoms with van der Waals surface area (Å²) in [5, 5.41) is 0. The Morgan fingerprint density at radius 3 is 1.58 bits per heavy atom. The first-order chi connectivity index (χ1) is 11.0. The van der Waals surface area contributed by atoms with E-state index in [0.717, 1.165) is 0 Å². The van der Waals surface area contributed by atoms with Crippen molar-refractivity contribution >= 4 is 27.3 Å². The quantitative estimate of drug-likeness (QED) is 0.325. The average Bonchev–Trinajstić information content (AvgIpc) is 2.47. The number of rotatable bonds is 1. The van der Waals surface area contributed by atoms with Gasteiger partial charge in [-0.1, -0.05) is 43.7 Å². The Morgan fingerprint density at radius 2 is 1.29 bits per heavy atom. The molecule has 0 atom stereocenters. The topological polar surface area (TPSA) is 9.72 Å². The molecule has 5 rings (SSSR count). The summed E-state index contributed by atoms with van der Waals surface area (Å²) in [6, 6.07) is 8.71. The average molecular weight is 479 g/mol. The SMILES string of the molecule is C1N2CN3CN1C[PH+](C2)C3.Cc1ccc(C(C)C)cc1.[CH3-].[Cl][Ru][Cl]. The first-order valence-electron chi connectivity index (χ1n) is 7.94. The standard InChI is InChI=1S/C10H14.C6H12N3P.CH3.2ClH.Ru/c1-8(2)10-6-4-9(3)5-7-10;1-7-2-9-3-8(1)5-10(4-7)6-9;;;;/h4-8H,1-3H3;1-6H2;1H3;2*1H;/q;;-1;;;+2/p-1. The molecule has 4 saturated heterocycles. The van der Waals surface area contributed by atoms with Crippen LogP contribution in [0.3, 0.4) is 0 Å². The number of hydrogen-bond acceptors (Lipinski definition) is 3. The molecule has 0 saturated carbocycles. The van der Waals surface area contributed by atoms with Gasteiger partial charge in [-0.25, -0.2) is 14.7 Å². The van der Waals surface area contributed by atoms with Crippen LogP contribution >= 0.6 is 27.3 Å². The molecule has 0 aromatic heterocycles. The van der Waals surface area contributed by atoms with E-state index in [9.17, 15) is 0 Å². The number of nitrogens with zero attached hydrogens (tertiary/aromatic N) is 3. The molecule has 0 spiro atoms. The molecule has 4 fully saturated rings. The van der Waals surface area contributed by atoms with Crippen LogP contribution in [0, 0.1) is 14.4 Å². The minimum absolute atomic E-state index is 0. The van der Waals surface area contributed by atoms with Crippen molar-refractivity contribution in [3.63, 3.8) is 0 Å². The molecule has 4 bridgehead atoms. The summed E-state index contributed by atoms with van der Waals surface area (Å²) in [4.78, 5) is 7.76. The normalized spacial score (nSPS) is 29.2. The molecule has 4 aliphatic heterocycles. The van der Waals surface area contributed by atoms with E-state index in [1.165, 1.54) is 50.0 Å². The van der Waals surface area contributed by atoms with Gasteiger partial charge < -0.3 is 7.43 Å². The van der Waals surface area contributed by atoms with Crippen molar-refractivity contribution in [2.45, 2.75) is 26.7 Å². The Labute approximate surface area is 165 Å². The van der Waals surface area contributed by atoms with Crippen LogP contribution in [0.2, 0.25) is 0 Å². The van der Waals surface area contributed by atoms with Gasteiger partial charge >= 0.3 is 34.5 Å². The Bertz CT molecular complexity index is 417. The zero-order valence-corrected chi connectivity index (χ0v) is 19.3. The third kappa shape index (κ3) is 7.16. The van der Waals surface area contributed by atoms with Crippen LogP contribution in [0.5, 0.6) is 0 Å². The van der Waals surface area contributed by atoms with Crippen LogP contribution in [0.25, 0.3) is 0 Å². The molecule has 0 aliphatic carbocycles. The van der Waals surface area contributed by atoms with Gasteiger partial charge in [-0.3, -0.25) is 0 Å². The zero-order valence-electron chi connectivity index (χ0n) is 15.1. The summed E-state index contributed by atoms with van der Waals surface area (Å²) in [5.74, 6) is 0.653. The van der Waals surface area contributed by atoms with E-state index in [1.807, 2.05) is 0 Å². The van der Waals surface area contributed by atoms with Crippen molar-refractivity contribution in [3.8, 4) is 0 Å². The number of benzene rings is 1. The van der Waals surface area contributed by atoms with E-state index in [2.05, 4.69) is 59.7 Å². The van der Waals surface area contributed by atoms with Crippen molar-refractivity contribution in [2.24, 2.45) is 0 Å². The summed E-state index contributed by atoms with van der Waals surface area (Å²) < 4.78 is 0. The van der Waals surface area contributed by atoms with Crippen molar-refractivity contribution in [2.75, 3.05) is 38.9 Å². The van der Waals surface area contributed by atoms with Crippen LogP contribution in [-0.4, -0.2) is 53.6 Å². The molecular formula is C17H30Cl2N3PRu. The van der Waals surface area contributed by atoms with Crippen molar-refractivity contribution in [1.29, 1.82) is 0 Å². The predicted octanol–water partition coefficient (Wildman–Crippen LogP) is 4.84. The molecule has 3 nitrogen and oxygen atoms in total. The molecule has 1 aromatic carbocycles. The fourth-order valence-electron chi connectivity index (χ4n) is 3.33. The fourth-order valence-corrected chi connectivity index (χ4v) is 6.13. The van der Waals surface area contributed by atoms with Gasteiger partial charge in [0.15, 0.2) is 0 Å². The van der Waals surface area contributed by atoms with Gasteiger partial charge in [-0.15, -0.1) is 0 Å². The second kappa shape index (κ2) is 11.4. The molecule has 0 radical (unpaired) electrons. The van der Waals surface area contributed by atoms with Gasteiger partial charge in [0.25, 0.3) is 0 Å². The van der Waals surface area contributed by atoms with Crippen LogP contribution in [-0.2, 0) is 15.1 Å². The first-order valence-corrected chi connectivity index (χ1v) is 14.5. The van der Waals surface area contributed by atoms with E-state index < -0.39 is 0 Å². The number of halogens is 2. The maximum atomic E-state index is 4.85. The van der Waals surface area contributed by atoms with E-state index in [-0.39, 0.29) is 30.5 Å². The maximum absolute atomic E-state index is 4.85. The summed E-state index contributed by atoms with van der Waals surface area (Å²) in [6.45, 7) is 10.3. The van der Waals surface area contributed by atoms with Crippen LogP contribution < -0.4 is 0 Å². The molecule has 7 heteroatoms. The summed E-state index contributed by atoms with van der Waals surface area (Å²) >= 11 is -0.346. The molecule has 0 unspecified atom stereocenters. The van der Waals surface area contributed by atoms with Crippen LogP contribution in [0.1, 0.15) is 30.9 Å². The Hall–Kier alpha value is 0.733. The van der Waals surface area contributed by atoms with Crippen LogP contribution in [0.15, 0.2) is 24.3 Å². The minimum atomic E-state index is -0.346. The van der Waals surface area contributed by atoms with Crippen molar-refractivity contribution in [1.82, 2.24) is 14.7 Å². The predicted molar refractivity (Wildman–Crippen MR) is 106 cm³/mol. The number of aryl methyl sites for hydroxylation is 1. The van der Waals surface area contributed by atoms with Crippen LogP contribution in [0.4, 0.5) is 0 Å². The number of hydrogen-bond donors (Lipinski definition) is 0. The summed E-state index contributed by atoms with van der Waals surface area (Å²) in [7, 11) is 9.74. The van der Waals surface area contributed by atoms with E-state index >= 15 is 0 Å². The van der Waals surface area contributed by atoms with Crippen molar-refractivity contribution < 1.29 is 15.1 Å². The monoisotopic (exact) mass is 479 g/mol. The Kier molecular flexibility index (Phi) is 10.9. The summed E-state index contributed by atoms with van der Waals surface area (Å²) in [5.41, 5.74) is 2.76. The second-order valence-corrected chi connectivity index (χ2v) is 11.9. The molecule has 1 aromatic rings. The van der Waals surface area contributed by atoms with Gasteiger partial charge in [0.05, 0.1) is 20.0 Å². The Morgan fingerprint density at radius 1 is 0.917 bits per heavy atom. The second-order valence-electron chi connectivity index (χ2n) is 6.78. The van der Waals surface area contributed by atoms with Crippen molar-refractivity contribution in [3.05, 3.63) is 42.8 Å². The molecule has 24 heavy (non-hydrogen) atoms. The zero-order chi connectivity index (χ0) is 16.8. The summed E-state index contributed by atoms with van der Waals surface area (Å²) in [6.07, 6.45) is 4.37. The van der Waals surface area contributed by atoms with E-state index in [4.69, 9.17) is 19.4 Å². The molecule has 4 aliphatic rings. The third-order valence-corrected chi connectivity index (χ3v) is 6.97. The van der Waals surface area contributed by atoms with Gasteiger partial charge in [0.2, 0.25) is 0 Å². The Balaban J connectivity index is 0.000000200. The van der Waals surface area contributed by atoms with E-state index in [0.29, 0.717) is 5.92 Å². The molecule has 0 amide bonds. The molecule has 140 valence electrons. The molecule has 0 N–H and O–H groups in total. The van der Waals surface area contributed by atoms with Gasteiger partial charge in [0, 0.05) is 7.92 Å². The van der Waals surface area contributed by atoms with Gasteiger partial charge in [-0.05, 0) is 18.4 Å². The van der Waals surface area contributed by atoms with E-state index in [1.54, 1.807) is 0 Å². The fraction of sp³-hybridized carbons (Fsp3) is 0.588. The molecular weight excluding hydrogens is 449 g/mol. The third-order valence-electron chi connectivity index (χ3n) is 4.29. The molecule has 4 heterocycles.